The fraction of sp³-hybridized carbons (Fsp3) is 0. The number of aromatic nitrogens is 2. The van der Waals surface area contributed by atoms with Crippen molar-refractivity contribution in [3.05, 3.63) is 89.5 Å². The van der Waals surface area contributed by atoms with Gasteiger partial charge in [0.1, 0.15) is 11.5 Å². The Kier molecular flexibility index (Phi) is 4.77. The minimum absolute atomic E-state index is 0.253. The molecule has 0 saturated carbocycles. The first-order valence-corrected chi connectivity index (χ1v) is 7.27. The number of carbonyl (C=O) groups is 1. The molecule has 1 N–H and O–H groups in total. The molecule has 6 heteroatoms. The topological polar surface area (TPSA) is 54.9 Å². The zero-order valence-electron chi connectivity index (χ0n) is 12.8. The van der Waals surface area contributed by atoms with Crippen molar-refractivity contribution >= 4 is 11.6 Å². The summed E-state index contributed by atoms with van der Waals surface area (Å²) in [6, 6.07) is 11.7. The Morgan fingerprint density at radius 1 is 1.00 bits per heavy atom. The number of carbonyl (C=O) groups excluding carboxylic acids is 1. The molecule has 1 aromatic carbocycles. The SMILES string of the molecule is O=C(Nc1ccc(F)cc1)c1cc(C#Cc2ccccn2)cnc1F. The number of amides is 1. The van der Waals surface area contributed by atoms with Crippen molar-refractivity contribution in [1.29, 1.82) is 0 Å². The smallest absolute Gasteiger partial charge is 0.260 e. The maximum absolute atomic E-state index is 13.9. The van der Waals surface area contributed by atoms with Gasteiger partial charge in [-0.2, -0.15) is 4.39 Å². The van der Waals surface area contributed by atoms with E-state index in [2.05, 4.69) is 27.1 Å². The van der Waals surface area contributed by atoms with Gasteiger partial charge in [-0.25, -0.2) is 14.4 Å². The second-order valence-electron chi connectivity index (χ2n) is 4.99. The van der Waals surface area contributed by atoms with Crippen LogP contribution >= 0.6 is 0 Å². The van der Waals surface area contributed by atoms with E-state index in [4.69, 9.17) is 0 Å². The van der Waals surface area contributed by atoms with E-state index in [-0.39, 0.29) is 5.56 Å². The summed E-state index contributed by atoms with van der Waals surface area (Å²) in [5.74, 6) is 3.55. The molecule has 2 heterocycles. The normalized spacial score (nSPS) is 9.84. The van der Waals surface area contributed by atoms with Gasteiger partial charge in [0.25, 0.3) is 5.91 Å². The summed E-state index contributed by atoms with van der Waals surface area (Å²) in [6.45, 7) is 0. The number of rotatable bonds is 2. The Balaban J connectivity index is 1.83. The molecule has 0 aliphatic heterocycles. The quantitative estimate of drug-likeness (QED) is 0.577. The fourth-order valence-corrected chi connectivity index (χ4v) is 1.98. The molecule has 0 bridgehead atoms. The lowest BCUT2D eigenvalue weighted by atomic mass is 10.2. The third-order valence-corrected chi connectivity index (χ3v) is 3.19. The van der Waals surface area contributed by atoms with Crippen LogP contribution in [0.25, 0.3) is 0 Å². The van der Waals surface area contributed by atoms with E-state index in [1.54, 1.807) is 24.4 Å². The van der Waals surface area contributed by atoms with Crippen LogP contribution in [-0.4, -0.2) is 15.9 Å². The van der Waals surface area contributed by atoms with Gasteiger partial charge < -0.3 is 5.32 Å². The van der Waals surface area contributed by atoms with Crippen LogP contribution in [0.5, 0.6) is 0 Å². The minimum atomic E-state index is -0.914. The van der Waals surface area contributed by atoms with E-state index in [1.165, 1.54) is 36.5 Å². The van der Waals surface area contributed by atoms with Gasteiger partial charge in [0, 0.05) is 23.6 Å². The summed E-state index contributed by atoms with van der Waals surface area (Å²) < 4.78 is 26.7. The highest BCUT2D eigenvalue weighted by molar-refractivity contribution is 6.04. The number of hydrogen-bond acceptors (Lipinski definition) is 3. The highest BCUT2D eigenvalue weighted by Gasteiger charge is 2.14. The molecule has 0 aliphatic carbocycles. The lowest BCUT2D eigenvalue weighted by Crippen LogP contribution is -2.15. The van der Waals surface area contributed by atoms with Gasteiger partial charge in [0.05, 0.1) is 5.56 Å². The molecule has 122 valence electrons. The van der Waals surface area contributed by atoms with E-state index >= 15 is 0 Å². The molecule has 0 unspecified atom stereocenters. The van der Waals surface area contributed by atoms with E-state index in [1.807, 2.05) is 0 Å². The third kappa shape index (κ3) is 4.24. The van der Waals surface area contributed by atoms with E-state index < -0.39 is 17.7 Å². The molecular weight excluding hydrogens is 324 g/mol. The summed E-state index contributed by atoms with van der Waals surface area (Å²) in [5.41, 5.74) is 1.01. The molecule has 0 saturated heterocycles. The minimum Gasteiger partial charge on any atom is -0.322 e. The predicted octanol–water partition coefficient (Wildman–Crippen LogP) is 3.41. The van der Waals surface area contributed by atoms with E-state index in [0.29, 0.717) is 16.9 Å². The molecule has 0 spiro atoms. The van der Waals surface area contributed by atoms with Crippen LogP contribution in [0.4, 0.5) is 14.5 Å². The van der Waals surface area contributed by atoms with Gasteiger partial charge in [0.15, 0.2) is 0 Å². The summed E-state index contributed by atoms with van der Waals surface area (Å²) in [7, 11) is 0. The predicted molar refractivity (Wildman–Crippen MR) is 88.8 cm³/mol. The van der Waals surface area contributed by atoms with Gasteiger partial charge in [-0.1, -0.05) is 12.0 Å². The van der Waals surface area contributed by atoms with Crippen LogP contribution in [0.2, 0.25) is 0 Å². The lowest BCUT2D eigenvalue weighted by molar-refractivity contribution is 0.102. The lowest BCUT2D eigenvalue weighted by Gasteiger charge is -2.06. The van der Waals surface area contributed by atoms with Gasteiger partial charge >= 0.3 is 0 Å². The maximum Gasteiger partial charge on any atom is 0.260 e. The van der Waals surface area contributed by atoms with Crippen LogP contribution in [0.3, 0.4) is 0 Å². The molecule has 3 aromatic rings. The Labute approximate surface area is 142 Å². The molecule has 0 atom stereocenters. The number of nitrogens with one attached hydrogen (secondary N) is 1. The van der Waals surface area contributed by atoms with Crippen molar-refractivity contribution in [1.82, 2.24) is 9.97 Å². The Bertz CT molecular complexity index is 961. The average Bonchev–Trinajstić information content (AvgIpc) is 2.64. The first-order chi connectivity index (χ1) is 12.1. The first-order valence-electron chi connectivity index (χ1n) is 7.27. The van der Waals surface area contributed by atoms with Crippen molar-refractivity contribution in [2.24, 2.45) is 0 Å². The highest BCUT2D eigenvalue weighted by atomic mass is 19.1. The van der Waals surface area contributed by atoms with Crippen molar-refractivity contribution in [3.8, 4) is 11.8 Å². The van der Waals surface area contributed by atoms with Gasteiger partial charge in [-0.3, -0.25) is 4.79 Å². The molecule has 0 radical (unpaired) electrons. The van der Waals surface area contributed by atoms with Gasteiger partial charge in [0.2, 0.25) is 5.95 Å². The van der Waals surface area contributed by atoms with Crippen molar-refractivity contribution in [3.63, 3.8) is 0 Å². The van der Waals surface area contributed by atoms with Crippen molar-refractivity contribution in [2.45, 2.75) is 0 Å². The Morgan fingerprint density at radius 2 is 1.80 bits per heavy atom. The van der Waals surface area contributed by atoms with E-state index in [0.717, 1.165) is 0 Å². The van der Waals surface area contributed by atoms with Gasteiger partial charge in [-0.05, 0) is 48.4 Å². The Hall–Kier alpha value is -3.59. The van der Waals surface area contributed by atoms with Crippen LogP contribution in [-0.2, 0) is 0 Å². The Morgan fingerprint density at radius 3 is 2.52 bits per heavy atom. The molecule has 0 aliphatic rings. The van der Waals surface area contributed by atoms with Gasteiger partial charge in [-0.15, -0.1) is 0 Å². The number of anilines is 1. The average molecular weight is 335 g/mol. The molecular formula is C19H11F2N3O. The molecule has 25 heavy (non-hydrogen) atoms. The maximum atomic E-state index is 13.9. The number of nitrogens with zero attached hydrogens (tertiary/aromatic N) is 2. The molecule has 3 rings (SSSR count). The first kappa shape index (κ1) is 16.3. The zero-order valence-corrected chi connectivity index (χ0v) is 12.8. The van der Waals surface area contributed by atoms with Crippen molar-refractivity contribution < 1.29 is 13.6 Å². The number of pyridine rings is 2. The summed E-state index contributed by atoms with van der Waals surface area (Å²) in [4.78, 5) is 19.8. The second-order valence-corrected chi connectivity index (χ2v) is 4.99. The summed E-state index contributed by atoms with van der Waals surface area (Å²) >= 11 is 0. The number of benzene rings is 1. The number of hydrogen-bond donors (Lipinski definition) is 1. The van der Waals surface area contributed by atoms with Crippen LogP contribution in [0.1, 0.15) is 21.6 Å². The molecule has 1 amide bonds. The van der Waals surface area contributed by atoms with E-state index in [9.17, 15) is 13.6 Å². The third-order valence-electron chi connectivity index (χ3n) is 3.19. The summed E-state index contributed by atoms with van der Waals surface area (Å²) in [6.07, 6.45) is 2.84. The molecule has 2 aromatic heterocycles. The monoisotopic (exact) mass is 335 g/mol. The van der Waals surface area contributed by atoms with Crippen LogP contribution in [0.15, 0.2) is 60.9 Å². The standard InChI is InChI=1S/C19H11F2N3O/c20-14-5-8-16(9-6-14)24-19(25)17-11-13(12-23-18(17)21)4-7-15-3-1-2-10-22-15/h1-3,5-6,8-12H,(H,24,25). The zero-order chi connectivity index (χ0) is 17.6. The largest absolute Gasteiger partial charge is 0.322 e. The summed E-state index contributed by atoms with van der Waals surface area (Å²) in [5, 5.41) is 2.48. The fourth-order valence-electron chi connectivity index (χ4n) is 1.98. The van der Waals surface area contributed by atoms with Crippen LogP contribution in [0, 0.1) is 23.6 Å². The molecule has 4 nitrogen and oxygen atoms in total. The second kappa shape index (κ2) is 7.32. The van der Waals surface area contributed by atoms with Crippen molar-refractivity contribution in [2.75, 3.05) is 5.32 Å². The van der Waals surface area contributed by atoms with Crippen LogP contribution < -0.4 is 5.32 Å². The molecule has 0 fully saturated rings. The highest BCUT2D eigenvalue weighted by Crippen LogP contribution is 2.13. The number of halogens is 2.